The van der Waals surface area contributed by atoms with Gasteiger partial charge in [-0.15, -0.1) is 11.8 Å². The third-order valence-corrected chi connectivity index (χ3v) is 2.93. The first-order valence-corrected chi connectivity index (χ1v) is 6.07. The van der Waals surface area contributed by atoms with E-state index in [2.05, 4.69) is 4.98 Å². The van der Waals surface area contributed by atoms with Gasteiger partial charge in [0, 0.05) is 31.3 Å². The number of aromatic nitrogens is 2. The van der Waals surface area contributed by atoms with E-state index in [0.717, 1.165) is 18.7 Å². The van der Waals surface area contributed by atoms with Gasteiger partial charge in [-0.05, 0) is 12.8 Å². The molecule has 0 aliphatic rings. The SMILES string of the molecule is CCCn1ccnc(SCCCO)c1=O. The molecule has 0 amide bonds. The van der Waals surface area contributed by atoms with Crippen LogP contribution in [0.5, 0.6) is 0 Å². The second kappa shape index (κ2) is 6.63. The quantitative estimate of drug-likeness (QED) is 0.586. The molecular weight excluding hydrogens is 212 g/mol. The summed E-state index contributed by atoms with van der Waals surface area (Å²) < 4.78 is 1.67. The number of thioether (sulfide) groups is 1. The Morgan fingerprint density at radius 2 is 2.40 bits per heavy atom. The summed E-state index contributed by atoms with van der Waals surface area (Å²) in [6, 6.07) is 0. The molecule has 1 aromatic rings. The van der Waals surface area contributed by atoms with Crippen molar-refractivity contribution in [3.63, 3.8) is 0 Å². The van der Waals surface area contributed by atoms with Gasteiger partial charge in [-0.25, -0.2) is 4.98 Å². The maximum absolute atomic E-state index is 11.8. The lowest BCUT2D eigenvalue weighted by Crippen LogP contribution is -2.21. The Hall–Kier alpha value is -0.810. The van der Waals surface area contributed by atoms with Crippen molar-refractivity contribution in [2.24, 2.45) is 0 Å². The van der Waals surface area contributed by atoms with Gasteiger partial charge < -0.3 is 9.67 Å². The summed E-state index contributed by atoms with van der Waals surface area (Å²) >= 11 is 1.41. The highest BCUT2D eigenvalue weighted by Gasteiger charge is 2.04. The molecule has 1 heterocycles. The summed E-state index contributed by atoms with van der Waals surface area (Å²) in [5, 5.41) is 9.16. The van der Waals surface area contributed by atoms with E-state index < -0.39 is 0 Å². The number of rotatable bonds is 6. The number of hydrogen-bond donors (Lipinski definition) is 1. The van der Waals surface area contributed by atoms with Crippen molar-refractivity contribution >= 4 is 11.8 Å². The summed E-state index contributed by atoms with van der Waals surface area (Å²) in [5.74, 6) is 0.731. The summed E-state index contributed by atoms with van der Waals surface area (Å²) in [5.41, 5.74) is -0.0257. The van der Waals surface area contributed by atoms with Gasteiger partial charge in [-0.2, -0.15) is 0 Å². The van der Waals surface area contributed by atoms with E-state index in [1.165, 1.54) is 11.8 Å². The van der Waals surface area contributed by atoms with E-state index in [1.54, 1.807) is 17.0 Å². The topological polar surface area (TPSA) is 55.1 Å². The van der Waals surface area contributed by atoms with Gasteiger partial charge in [0.15, 0.2) is 5.03 Å². The zero-order valence-electron chi connectivity index (χ0n) is 8.85. The molecule has 0 unspecified atom stereocenters. The van der Waals surface area contributed by atoms with Crippen LogP contribution in [0.15, 0.2) is 22.2 Å². The molecule has 1 N–H and O–H groups in total. The van der Waals surface area contributed by atoms with Crippen LogP contribution in [0.1, 0.15) is 19.8 Å². The van der Waals surface area contributed by atoms with E-state index in [0.29, 0.717) is 11.4 Å². The van der Waals surface area contributed by atoms with Crippen molar-refractivity contribution in [1.29, 1.82) is 0 Å². The van der Waals surface area contributed by atoms with Crippen LogP contribution in [-0.2, 0) is 6.54 Å². The number of nitrogens with zero attached hydrogens (tertiary/aromatic N) is 2. The number of aliphatic hydroxyl groups excluding tert-OH is 1. The van der Waals surface area contributed by atoms with Crippen LogP contribution in [-0.4, -0.2) is 27.0 Å². The fourth-order valence-corrected chi connectivity index (χ4v) is 2.02. The van der Waals surface area contributed by atoms with Crippen molar-refractivity contribution in [2.45, 2.75) is 31.3 Å². The van der Waals surface area contributed by atoms with Crippen LogP contribution >= 0.6 is 11.8 Å². The second-order valence-corrected chi connectivity index (χ2v) is 4.24. The van der Waals surface area contributed by atoms with Crippen LogP contribution in [0.3, 0.4) is 0 Å². The smallest absolute Gasteiger partial charge is 0.283 e. The predicted molar refractivity (Wildman–Crippen MR) is 61.2 cm³/mol. The molecule has 1 aromatic heterocycles. The summed E-state index contributed by atoms with van der Waals surface area (Å²) in [4.78, 5) is 15.8. The fraction of sp³-hybridized carbons (Fsp3) is 0.600. The molecule has 0 saturated heterocycles. The molecule has 5 heteroatoms. The van der Waals surface area contributed by atoms with E-state index in [-0.39, 0.29) is 12.2 Å². The third kappa shape index (κ3) is 3.68. The number of hydrogen-bond acceptors (Lipinski definition) is 4. The van der Waals surface area contributed by atoms with Crippen molar-refractivity contribution < 1.29 is 5.11 Å². The highest BCUT2D eigenvalue weighted by atomic mass is 32.2. The van der Waals surface area contributed by atoms with Crippen molar-refractivity contribution in [1.82, 2.24) is 9.55 Å². The lowest BCUT2D eigenvalue weighted by Gasteiger charge is -2.04. The summed E-state index contributed by atoms with van der Waals surface area (Å²) in [6.07, 6.45) is 4.99. The molecule has 0 bridgehead atoms. The molecule has 0 radical (unpaired) electrons. The molecule has 4 nitrogen and oxygen atoms in total. The average Bonchev–Trinajstić information content (AvgIpc) is 2.24. The minimum Gasteiger partial charge on any atom is -0.396 e. The highest BCUT2D eigenvalue weighted by Crippen LogP contribution is 2.10. The molecule has 0 aromatic carbocycles. The first-order valence-electron chi connectivity index (χ1n) is 5.08. The van der Waals surface area contributed by atoms with Crippen molar-refractivity contribution in [3.05, 3.63) is 22.7 Å². The zero-order chi connectivity index (χ0) is 11.1. The summed E-state index contributed by atoms with van der Waals surface area (Å²) in [7, 11) is 0. The van der Waals surface area contributed by atoms with Crippen LogP contribution in [0.25, 0.3) is 0 Å². The van der Waals surface area contributed by atoms with Gasteiger partial charge in [0.25, 0.3) is 5.56 Å². The van der Waals surface area contributed by atoms with E-state index >= 15 is 0 Å². The monoisotopic (exact) mass is 228 g/mol. The molecule has 0 saturated carbocycles. The van der Waals surface area contributed by atoms with Crippen molar-refractivity contribution in [3.8, 4) is 0 Å². The Labute approximate surface area is 93.3 Å². The maximum Gasteiger partial charge on any atom is 0.283 e. The molecular formula is C10H16N2O2S. The molecule has 15 heavy (non-hydrogen) atoms. The van der Waals surface area contributed by atoms with Gasteiger partial charge in [0.05, 0.1) is 0 Å². The van der Waals surface area contributed by atoms with Gasteiger partial charge in [0.2, 0.25) is 0 Å². The second-order valence-electron chi connectivity index (χ2n) is 3.16. The number of aliphatic hydroxyl groups is 1. The standard InChI is InChI=1S/C10H16N2O2S/c1-2-5-12-6-4-11-9(10(12)14)15-8-3-7-13/h4,6,13H,2-3,5,7-8H2,1H3. The largest absolute Gasteiger partial charge is 0.396 e. The Kier molecular flexibility index (Phi) is 5.42. The van der Waals surface area contributed by atoms with E-state index in [9.17, 15) is 4.79 Å². The van der Waals surface area contributed by atoms with Gasteiger partial charge in [-0.3, -0.25) is 4.79 Å². The molecule has 1 rings (SSSR count). The van der Waals surface area contributed by atoms with E-state index in [4.69, 9.17) is 5.11 Å². The lowest BCUT2D eigenvalue weighted by molar-refractivity contribution is 0.296. The van der Waals surface area contributed by atoms with Gasteiger partial charge in [0.1, 0.15) is 0 Å². The molecule has 0 aliphatic heterocycles. The molecule has 0 aliphatic carbocycles. The summed E-state index contributed by atoms with van der Waals surface area (Å²) in [6.45, 7) is 2.92. The first-order chi connectivity index (χ1) is 7.29. The third-order valence-electron chi connectivity index (χ3n) is 1.89. The van der Waals surface area contributed by atoms with Gasteiger partial charge >= 0.3 is 0 Å². The Balaban J connectivity index is 2.71. The Morgan fingerprint density at radius 1 is 1.60 bits per heavy atom. The highest BCUT2D eigenvalue weighted by molar-refractivity contribution is 7.99. The minimum absolute atomic E-state index is 0.0257. The van der Waals surface area contributed by atoms with Crippen LogP contribution in [0, 0.1) is 0 Å². The molecule has 0 spiro atoms. The fourth-order valence-electron chi connectivity index (χ4n) is 1.18. The van der Waals surface area contributed by atoms with E-state index in [1.807, 2.05) is 6.92 Å². The van der Waals surface area contributed by atoms with Crippen LogP contribution in [0.2, 0.25) is 0 Å². The maximum atomic E-state index is 11.8. The normalized spacial score (nSPS) is 10.5. The van der Waals surface area contributed by atoms with Crippen LogP contribution in [0.4, 0.5) is 0 Å². The number of aryl methyl sites for hydroxylation is 1. The predicted octanol–water partition coefficient (Wildman–Crippen LogP) is 1.13. The molecule has 0 fully saturated rings. The molecule has 84 valence electrons. The minimum atomic E-state index is -0.0257. The lowest BCUT2D eigenvalue weighted by atomic mass is 10.5. The first kappa shape index (κ1) is 12.3. The van der Waals surface area contributed by atoms with Crippen molar-refractivity contribution in [2.75, 3.05) is 12.4 Å². The Morgan fingerprint density at radius 3 is 3.07 bits per heavy atom. The average molecular weight is 228 g/mol. The van der Waals surface area contributed by atoms with Gasteiger partial charge in [-0.1, -0.05) is 6.92 Å². The molecule has 0 atom stereocenters. The van der Waals surface area contributed by atoms with Crippen LogP contribution < -0.4 is 5.56 Å². The zero-order valence-corrected chi connectivity index (χ0v) is 9.66. The Bertz CT molecular complexity index is 352.